The van der Waals surface area contributed by atoms with Crippen LogP contribution in [0.15, 0.2) is 12.4 Å². The maximum atomic E-state index is 11.8. The number of hydrogen-bond donors (Lipinski definition) is 0. The maximum absolute atomic E-state index is 11.8. The summed E-state index contributed by atoms with van der Waals surface area (Å²) in [7, 11) is 0. The molecule has 20 heavy (non-hydrogen) atoms. The molecule has 1 atom stereocenters. The summed E-state index contributed by atoms with van der Waals surface area (Å²) in [6, 6.07) is 0.459. The molecule has 0 spiro atoms. The molecule has 0 aromatic carbocycles. The predicted octanol–water partition coefficient (Wildman–Crippen LogP) is 1.91. The summed E-state index contributed by atoms with van der Waals surface area (Å²) in [5.74, 6) is 0.946. The number of hydrogen-bond acceptors (Lipinski definition) is 3. The molecule has 1 amide bonds. The molecule has 2 saturated heterocycles. The minimum atomic E-state index is 0.234. The van der Waals surface area contributed by atoms with E-state index in [-0.39, 0.29) is 5.91 Å². The van der Waals surface area contributed by atoms with Crippen LogP contribution in [-0.2, 0) is 4.79 Å². The fourth-order valence-electron chi connectivity index (χ4n) is 3.30. The molecule has 3 rings (SSSR count). The van der Waals surface area contributed by atoms with E-state index in [0.29, 0.717) is 18.4 Å². The van der Waals surface area contributed by atoms with Crippen molar-refractivity contribution in [2.45, 2.75) is 39.2 Å². The van der Waals surface area contributed by atoms with Gasteiger partial charge in [0.05, 0.1) is 17.9 Å². The molecule has 2 aliphatic heterocycles. The first-order valence-electron chi connectivity index (χ1n) is 7.70. The molecule has 1 aromatic heterocycles. The van der Waals surface area contributed by atoms with Gasteiger partial charge in [-0.1, -0.05) is 13.8 Å². The lowest BCUT2D eigenvalue weighted by atomic mass is 10.2. The Labute approximate surface area is 120 Å². The van der Waals surface area contributed by atoms with Gasteiger partial charge < -0.3 is 9.80 Å². The Balaban J connectivity index is 1.64. The second-order valence-corrected chi connectivity index (χ2v) is 6.42. The van der Waals surface area contributed by atoms with Crippen LogP contribution in [-0.4, -0.2) is 46.8 Å². The van der Waals surface area contributed by atoms with E-state index in [1.807, 2.05) is 17.3 Å². The molecule has 2 fully saturated rings. The van der Waals surface area contributed by atoms with Gasteiger partial charge in [0.15, 0.2) is 0 Å². The molecule has 5 heteroatoms. The monoisotopic (exact) mass is 276 g/mol. The van der Waals surface area contributed by atoms with Crippen LogP contribution >= 0.6 is 0 Å². The second kappa shape index (κ2) is 5.56. The summed E-state index contributed by atoms with van der Waals surface area (Å²) in [6.07, 6.45) is 6.69. The van der Waals surface area contributed by atoms with Crippen molar-refractivity contribution < 1.29 is 4.79 Å². The zero-order valence-electron chi connectivity index (χ0n) is 12.5. The number of rotatable bonds is 4. The van der Waals surface area contributed by atoms with Crippen LogP contribution in [0.1, 0.15) is 39.2 Å². The van der Waals surface area contributed by atoms with Gasteiger partial charge in [-0.05, 0) is 18.8 Å². The van der Waals surface area contributed by atoms with Crippen LogP contribution in [0, 0.1) is 5.92 Å². The lowest BCUT2D eigenvalue weighted by molar-refractivity contribution is -0.117. The van der Waals surface area contributed by atoms with Crippen LogP contribution in [0.25, 0.3) is 0 Å². The van der Waals surface area contributed by atoms with E-state index in [1.54, 1.807) is 0 Å². The summed E-state index contributed by atoms with van der Waals surface area (Å²) in [4.78, 5) is 16.1. The summed E-state index contributed by atoms with van der Waals surface area (Å²) in [6.45, 7) is 8.76. The van der Waals surface area contributed by atoms with Crippen molar-refractivity contribution in [1.82, 2.24) is 14.7 Å². The average Bonchev–Trinajstić information content (AvgIpc) is 3.07. The first-order chi connectivity index (χ1) is 9.63. The molecule has 0 radical (unpaired) electrons. The average molecular weight is 276 g/mol. The molecule has 2 aliphatic rings. The standard InChI is InChI=1S/C15H24N4O/c1-12(2)9-17-7-5-13(10-17)19-11-14(8-16-19)18-6-3-4-15(18)20/h8,11-13H,3-7,9-10H2,1-2H3. The van der Waals surface area contributed by atoms with Crippen molar-refractivity contribution in [3.05, 3.63) is 12.4 Å². The van der Waals surface area contributed by atoms with Gasteiger partial charge in [0.2, 0.25) is 5.91 Å². The van der Waals surface area contributed by atoms with E-state index in [2.05, 4.69) is 28.5 Å². The van der Waals surface area contributed by atoms with Crippen LogP contribution in [0.5, 0.6) is 0 Å². The number of nitrogens with zero attached hydrogens (tertiary/aromatic N) is 4. The Morgan fingerprint density at radius 1 is 1.40 bits per heavy atom. The van der Waals surface area contributed by atoms with Crippen LogP contribution < -0.4 is 4.90 Å². The van der Waals surface area contributed by atoms with Gasteiger partial charge in [0.25, 0.3) is 0 Å². The van der Waals surface area contributed by atoms with Crippen molar-refractivity contribution in [2.75, 3.05) is 31.1 Å². The minimum absolute atomic E-state index is 0.234. The third kappa shape index (κ3) is 2.73. The SMILES string of the molecule is CC(C)CN1CCC(n2cc(N3CCCC3=O)cn2)C1. The normalized spacial score (nSPS) is 24.2. The summed E-state index contributed by atoms with van der Waals surface area (Å²) in [5, 5.41) is 4.49. The lowest BCUT2D eigenvalue weighted by Gasteiger charge is -2.18. The Bertz CT molecular complexity index is 482. The van der Waals surface area contributed by atoms with E-state index in [4.69, 9.17) is 0 Å². The number of carbonyl (C=O) groups excluding carboxylic acids is 1. The highest BCUT2D eigenvalue weighted by atomic mass is 16.2. The second-order valence-electron chi connectivity index (χ2n) is 6.42. The molecule has 0 N–H and O–H groups in total. The van der Waals surface area contributed by atoms with Gasteiger partial charge in [-0.25, -0.2) is 0 Å². The zero-order valence-corrected chi connectivity index (χ0v) is 12.5. The smallest absolute Gasteiger partial charge is 0.227 e. The summed E-state index contributed by atoms with van der Waals surface area (Å²) in [5.41, 5.74) is 0.967. The van der Waals surface area contributed by atoms with E-state index < -0.39 is 0 Å². The Hall–Kier alpha value is -1.36. The Morgan fingerprint density at radius 3 is 2.95 bits per heavy atom. The predicted molar refractivity (Wildman–Crippen MR) is 78.7 cm³/mol. The number of aromatic nitrogens is 2. The van der Waals surface area contributed by atoms with E-state index in [1.165, 1.54) is 0 Å². The number of carbonyl (C=O) groups is 1. The molecule has 0 bridgehead atoms. The van der Waals surface area contributed by atoms with Gasteiger partial charge in [-0.15, -0.1) is 0 Å². The van der Waals surface area contributed by atoms with Crippen LogP contribution in [0.2, 0.25) is 0 Å². The molecule has 0 aliphatic carbocycles. The molecular weight excluding hydrogens is 252 g/mol. The number of likely N-dealkylation sites (tertiary alicyclic amines) is 1. The van der Waals surface area contributed by atoms with Crippen LogP contribution in [0.3, 0.4) is 0 Å². The van der Waals surface area contributed by atoms with Gasteiger partial charge in [-0.2, -0.15) is 5.10 Å². The topological polar surface area (TPSA) is 41.4 Å². The highest BCUT2D eigenvalue weighted by Gasteiger charge is 2.27. The first-order valence-corrected chi connectivity index (χ1v) is 7.70. The summed E-state index contributed by atoms with van der Waals surface area (Å²) >= 11 is 0. The Kier molecular flexibility index (Phi) is 3.78. The largest absolute Gasteiger partial charge is 0.309 e. The summed E-state index contributed by atoms with van der Waals surface area (Å²) < 4.78 is 2.06. The van der Waals surface area contributed by atoms with Crippen molar-refractivity contribution in [2.24, 2.45) is 5.92 Å². The molecule has 1 unspecified atom stereocenters. The Morgan fingerprint density at radius 2 is 2.25 bits per heavy atom. The molecule has 1 aromatic rings. The van der Waals surface area contributed by atoms with Crippen molar-refractivity contribution in [1.29, 1.82) is 0 Å². The quantitative estimate of drug-likeness (QED) is 0.843. The van der Waals surface area contributed by atoms with Crippen LogP contribution in [0.4, 0.5) is 5.69 Å². The molecule has 110 valence electrons. The van der Waals surface area contributed by atoms with E-state index in [9.17, 15) is 4.79 Å². The third-order valence-corrected chi connectivity index (χ3v) is 4.22. The van der Waals surface area contributed by atoms with Gasteiger partial charge in [0, 0.05) is 38.8 Å². The first kappa shape index (κ1) is 13.6. The van der Waals surface area contributed by atoms with Gasteiger partial charge >= 0.3 is 0 Å². The van der Waals surface area contributed by atoms with Crippen molar-refractivity contribution in [3.8, 4) is 0 Å². The minimum Gasteiger partial charge on any atom is -0.309 e. The van der Waals surface area contributed by atoms with E-state index >= 15 is 0 Å². The fraction of sp³-hybridized carbons (Fsp3) is 0.733. The highest BCUT2D eigenvalue weighted by molar-refractivity contribution is 5.95. The van der Waals surface area contributed by atoms with Crippen molar-refractivity contribution >= 4 is 11.6 Å². The van der Waals surface area contributed by atoms with E-state index in [0.717, 1.165) is 44.7 Å². The lowest BCUT2D eigenvalue weighted by Crippen LogP contribution is -2.26. The third-order valence-electron chi connectivity index (χ3n) is 4.22. The van der Waals surface area contributed by atoms with Crippen molar-refractivity contribution in [3.63, 3.8) is 0 Å². The molecule has 0 saturated carbocycles. The maximum Gasteiger partial charge on any atom is 0.227 e. The fourth-order valence-corrected chi connectivity index (χ4v) is 3.30. The number of anilines is 1. The molecule has 5 nitrogen and oxygen atoms in total. The molecule has 3 heterocycles. The number of amides is 1. The van der Waals surface area contributed by atoms with Gasteiger partial charge in [0.1, 0.15) is 0 Å². The zero-order chi connectivity index (χ0) is 14.1. The van der Waals surface area contributed by atoms with Gasteiger partial charge in [-0.3, -0.25) is 9.48 Å². The molecular formula is C15H24N4O. The highest BCUT2D eigenvalue weighted by Crippen LogP contribution is 2.26.